The van der Waals surface area contributed by atoms with Gasteiger partial charge in [-0.05, 0) is 33.1 Å². The predicted molar refractivity (Wildman–Crippen MR) is 62.3 cm³/mol. The van der Waals surface area contributed by atoms with Crippen LogP contribution in [0.5, 0.6) is 0 Å². The first kappa shape index (κ1) is 12.6. The van der Waals surface area contributed by atoms with Crippen molar-refractivity contribution in [2.24, 2.45) is 0 Å². The molecule has 1 aromatic heterocycles. The van der Waals surface area contributed by atoms with E-state index in [0.717, 1.165) is 12.8 Å². The molecule has 0 spiro atoms. The lowest BCUT2D eigenvalue weighted by Gasteiger charge is -2.32. The van der Waals surface area contributed by atoms with Crippen molar-refractivity contribution in [2.75, 3.05) is 6.54 Å². The maximum Gasteiger partial charge on any atom is 0.326 e. The SMILES string of the molecule is Cc1noc(C)c1C(=O)N1CCCCC1C(=O)O. The van der Waals surface area contributed by atoms with Crippen LogP contribution in [0.4, 0.5) is 0 Å². The molecule has 6 nitrogen and oxygen atoms in total. The molecule has 6 heteroatoms. The van der Waals surface area contributed by atoms with Gasteiger partial charge in [-0.25, -0.2) is 4.79 Å². The first-order chi connectivity index (χ1) is 8.52. The molecule has 1 amide bonds. The lowest BCUT2D eigenvalue weighted by atomic mass is 10.0. The fraction of sp³-hybridized carbons (Fsp3) is 0.583. The van der Waals surface area contributed by atoms with Gasteiger partial charge in [0, 0.05) is 6.54 Å². The first-order valence-electron chi connectivity index (χ1n) is 5.99. The van der Waals surface area contributed by atoms with E-state index in [9.17, 15) is 9.59 Å². The molecule has 2 rings (SSSR count). The Morgan fingerprint density at radius 1 is 1.39 bits per heavy atom. The number of carbonyl (C=O) groups excluding carboxylic acids is 1. The standard InChI is InChI=1S/C12H16N2O4/c1-7-10(8(2)18-13-7)11(15)14-6-4-3-5-9(14)12(16)17/h9H,3-6H2,1-2H3,(H,16,17). The van der Waals surface area contributed by atoms with E-state index in [4.69, 9.17) is 9.63 Å². The summed E-state index contributed by atoms with van der Waals surface area (Å²) < 4.78 is 4.96. The molecule has 2 heterocycles. The highest BCUT2D eigenvalue weighted by molar-refractivity contribution is 5.98. The Hall–Kier alpha value is -1.85. The van der Waals surface area contributed by atoms with E-state index in [0.29, 0.717) is 30.0 Å². The summed E-state index contributed by atoms with van der Waals surface area (Å²) in [5, 5.41) is 12.9. The minimum Gasteiger partial charge on any atom is -0.480 e. The van der Waals surface area contributed by atoms with Gasteiger partial charge in [0.05, 0.1) is 5.69 Å². The molecule has 1 fully saturated rings. The van der Waals surface area contributed by atoms with Crippen LogP contribution < -0.4 is 0 Å². The Labute approximate surface area is 105 Å². The Bertz CT molecular complexity index is 461. The molecule has 0 aliphatic carbocycles. The van der Waals surface area contributed by atoms with Crippen LogP contribution in [0.1, 0.15) is 41.1 Å². The van der Waals surface area contributed by atoms with Crippen LogP contribution in [-0.4, -0.2) is 39.6 Å². The van der Waals surface area contributed by atoms with Crippen molar-refractivity contribution in [3.63, 3.8) is 0 Å². The lowest BCUT2D eigenvalue weighted by Crippen LogP contribution is -2.48. The normalized spacial score (nSPS) is 19.9. The first-order valence-corrected chi connectivity index (χ1v) is 5.99. The summed E-state index contributed by atoms with van der Waals surface area (Å²) in [6.45, 7) is 3.82. The van der Waals surface area contributed by atoms with Gasteiger partial charge in [0.1, 0.15) is 17.4 Å². The summed E-state index contributed by atoms with van der Waals surface area (Å²) in [5.74, 6) is -0.805. The van der Waals surface area contributed by atoms with Crippen molar-refractivity contribution in [3.05, 3.63) is 17.0 Å². The number of piperidine rings is 1. The maximum absolute atomic E-state index is 12.4. The molecule has 1 unspecified atom stereocenters. The molecule has 0 aromatic carbocycles. The van der Waals surface area contributed by atoms with E-state index in [2.05, 4.69) is 5.16 Å². The van der Waals surface area contributed by atoms with Crippen molar-refractivity contribution in [1.82, 2.24) is 10.1 Å². The summed E-state index contributed by atoms with van der Waals surface area (Å²) in [6.07, 6.45) is 2.17. The molecule has 1 aromatic rings. The topological polar surface area (TPSA) is 83.6 Å². The second-order valence-corrected chi connectivity index (χ2v) is 4.55. The molecule has 0 bridgehead atoms. The average molecular weight is 252 g/mol. The number of carboxylic acid groups (broad SMARTS) is 1. The molecule has 18 heavy (non-hydrogen) atoms. The Balaban J connectivity index is 2.29. The number of hydrogen-bond donors (Lipinski definition) is 1. The Kier molecular flexibility index (Phi) is 3.36. The van der Waals surface area contributed by atoms with Gasteiger partial charge in [-0.15, -0.1) is 0 Å². The van der Waals surface area contributed by atoms with E-state index in [-0.39, 0.29) is 5.91 Å². The number of aliphatic carboxylic acids is 1. The molecule has 0 radical (unpaired) electrons. The zero-order chi connectivity index (χ0) is 13.3. The van der Waals surface area contributed by atoms with Gasteiger partial charge in [-0.2, -0.15) is 0 Å². The van der Waals surface area contributed by atoms with Gasteiger partial charge in [0.2, 0.25) is 0 Å². The second kappa shape index (κ2) is 4.80. The van der Waals surface area contributed by atoms with E-state index in [1.807, 2.05) is 0 Å². The number of rotatable bonds is 2. The lowest BCUT2D eigenvalue weighted by molar-refractivity contribution is -0.143. The molecule has 98 valence electrons. The van der Waals surface area contributed by atoms with E-state index >= 15 is 0 Å². The van der Waals surface area contributed by atoms with Crippen molar-refractivity contribution in [3.8, 4) is 0 Å². The summed E-state index contributed by atoms with van der Waals surface area (Å²) in [6, 6.07) is -0.736. The predicted octanol–water partition coefficient (Wildman–Crippen LogP) is 1.37. The van der Waals surface area contributed by atoms with E-state index < -0.39 is 12.0 Å². The van der Waals surface area contributed by atoms with Gasteiger partial charge in [-0.3, -0.25) is 4.79 Å². The van der Waals surface area contributed by atoms with Gasteiger partial charge in [0.15, 0.2) is 0 Å². The van der Waals surface area contributed by atoms with E-state index in [1.54, 1.807) is 13.8 Å². The number of carbonyl (C=O) groups is 2. The smallest absolute Gasteiger partial charge is 0.326 e. The van der Waals surface area contributed by atoms with Crippen molar-refractivity contribution in [1.29, 1.82) is 0 Å². The zero-order valence-electron chi connectivity index (χ0n) is 10.5. The number of aromatic nitrogens is 1. The van der Waals surface area contributed by atoms with Crippen LogP contribution in [0.2, 0.25) is 0 Å². The molecule has 1 N–H and O–H groups in total. The van der Waals surface area contributed by atoms with Gasteiger partial charge in [-0.1, -0.05) is 5.16 Å². The Morgan fingerprint density at radius 2 is 2.11 bits per heavy atom. The zero-order valence-corrected chi connectivity index (χ0v) is 10.5. The molecular formula is C12H16N2O4. The molecule has 1 aliphatic heterocycles. The summed E-state index contributed by atoms with van der Waals surface area (Å²) in [7, 11) is 0. The van der Waals surface area contributed by atoms with Crippen molar-refractivity contribution < 1.29 is 19.2 Å². The highest BCUT2D eigenvalue weighted by atomic mass is 16.5. The summed E-state index contributed by atoms with van der Waals surface area (Å²) in [4.78, 5) is 25.0. The van der Waals surface area contributed by atoms with E-state index in [1.165, 1.54) is 4.90 Å². The second-order valence-electron chi connectivity index (χ2n) is 4.55. The molecule has 0 saturated carbocycles. The third kappa shape index (κ3) is 2.10. The molecular weight excluding hydrogens is 236 g/mol. The van der Waals surface area contributed by atoms with Gasteiger partial charge >= 0.3 is 5.97 Å². The largest absolute Gasteiger partial charge is 0.480 e. The molecule has 1 aliphatic rings. The van der Waals surface area contributed by atoms with Crippen LogP contribution in [0, 0.1) is 13.8 Å². The highest BCUT2D eigenvalue weighted by Gasteiger charge is 2.34. The van der Waals surface area contributed by atoms with Crippen LogP contribution in [0.3, 0.4) is 0 Å². The number of likely N-dealkylation sites (tertiary alicyclic amines) is 1. The highest BCUT2D eigenvalue weighted by Crippen LogP contribution is 2.22. The quantitative estimate of drug-likeness (QED) is 0.859. The Morgan fingerprint density at radius 3 is 2.67 bits per heavy atom. The minimum atomic E-state index is -0.949. The monoisotopic (exact) mass is 252 g/mol. The third-order valence-electron chi connectivity index (χ3n) is 3.30. The van der Waals surface area contributed by atoms with Crippen LogP contribution in [0.25, 0.3) is 0 Å². The average Bonchev–Trinajstić information content (AvgIpc) is 2.68. The van der Waals surface area contributed by atoms with Crippen LogP contribution in [-0.2, 0) is 4.79 Å². The third-order valence-corrected chi connectivity index (χ3v) is 3.30. The summed E-state index contributed by atoms with van der Waals surface area (Å²) in [5.41, 5.74) is 0.898. The number of hydrogen-bond acceptors (Lipinski definition) is 4. The van der Waals surface area contributed by atoms with Crippen molar-refractivity contribution in [2.45, 2.75) is 39.2 Å². The van der Waals surface area contributed by atoms with Gasteiger partial charge < -0.3 is 14.5 Å². The fourth-order valence-corrected chi connectivity index (χ4v) is 2.36. The number of aryl methyl sites for hydroxylation is 2. The maximum atomic E-state index is 12.4. The van der Waals surface area contributed by atoms with Gasteiger partial charge in [0.25, 0.3) is 5.91 Å². The molecule has 1 atom stereocenters. The number of amides is 1. The van der Waals surface area contributed by atoms with Crippen molar-refractivity contribution >= 4 is 11.9 Å². The molecule has 1 saturated heterocycles. The fourth-order valence-electron chi connectivity index (χ4n) is 2.36. The number of nitrogens with zero attached hydrogens (tertiary/aromatic N) is 2. The minimum absolute atomic E-state index is 0.293. The van der Waals surface area contributed by atoms with Crippen LogP contribution >= 0.6 is 0 Å². The van der Waals surface area contributed by atoms with Crippen LogP contribution in [0.15, 0.2) is 4.52 Å². The summed E-state index contributed by atoms with van der Waals surface area (Å²) >= 11 is 0. The number of carboxylic acids is 1.